The Morgan fingerprint density at radius 3 is 2.64 bits per heavy atom. The third-order valence-corrected chi connectivity index (χ3v) is 2.89. The highest BCUT2D eigenvalue weighted by molar-refractivity contribution is 5.94. The van der Waals surface area contributed by atoms with Crippen LogP contribution in [0.2, 0.25) is 0 Å². The monoisotopic (exact) mass is 306 g/mol. The first kappa shape index (κ1) is 18.0. The first-order valence-corrected chi connectivity index (χ1v) is 7.59. The van der Waals surface area contributed by atoms with Gasteiger partial charge in [-0.15, -0.1) is 0 Å². The summed E-state index contributed by atoms with van der Waals surface area (Å²) in [4.78, 5) is 16.3. The van der Waals surface area contributed by atoms with Crippen LogP contribution in [0, 0.1) is 0 Å². The lowest BCUT2D eigenvalue weighted by Gasteiger charge is -2.11. The summed E-state index contributed by atoms with van der Waals surface area (Å²) in [5.74, 6) is 0.682. The van der Waals surface area contributed by atoms with Crippen molar-refractivity contribution in [3.8, 4) is 0 Å². The number of aliphatic imine (C=N–C) groups is 1. The fourth-order valence-electron chi connectivity index (χ4n) is 1.86. The zero-order valence-corrected chi connectivity index (χ0v) is 13.6. The Labute approximate surface area is 132 Å². The number of ether oxygens (including phenoxy) is 1. The van der Waals surface area contributed by atoms with Crippen molar-refractivity contribution in [2.75, 3.05) is 33.4 Å². The van der Waals surface area contributed by atoms with Gasteiger partial charge in [-0.05, 0) is 31.5 Å². The topological polar surface area (TPSA) is 74.8 Å². The minimum Gasteiger partial charge on any atom is -0.383 e. The number of amides is 1. The number of carbonyl (C=O) groups excluding carboxylic acids is 1. The predicted octanol–water partition coefficient (Wildman–Crippen LogP) is 1.14. The molecule has 1 aromatic carbocycles. The van der Waals surface area contributed by atoms with Crippen LogP contribution >= 0.6 is 0 Å². The summed E-state index contributed by atoms with van der Waals surface area (Å²) in [5, 5.41) is 9.15. The maximum atomic E-state index is 11.8. The summed E-state index contributed by atoms with van der Waals surface area (Å²) in [5.41, 5.74) is 1.65. The van der Waals surface area contributed by atoms with Gasteiger partial charge in [0.2, 0.25) is 0 Å². The number of hydrogen-bond donors (Lipinski definition) is 3. The molecule has 0 aliphatic rings. The van der Waals surface area contributed by atoms with Crippen molar-refractivity contribution >= 4 is 11.9 Å². The molecule has 0 aliphatic carbocycles. The first-order chi connectivity index (χ1) is 10.7. The van der Waals surface area contributed by atoms with Crippen LogP contribution in [0.1, 0.15) is 29.8 Å². The van der Waals surface area contributed by atoms with Crippen LogP contribution in [-0.2, 0) is 11.3 Å². The summed E-state index contributed by atoms with van der Waals surface area (Å²) in [7, 11) is 1.67. The van der Waals surface area contributed by atoms with Gasteiger partial charge in [0.05, 0.1) is 13.2 Å². The largest absolute Gasteiger partial charge is 0.383 e. The van der Waals surface area contributed by atoms with Crippen LogP contribution in [0.5, 0.6) is 0 Å². The highest BCUT2D eigenvalue weighted by atomic mass is 16.5. The molecule has 0 unspecified atom stereocenters. The van der Waals surface area contributed by atoms with Gasteiger partial charge >= 0.3 is 0 Å². The van der Waals surface area contributed by atoms with Gasteiger partial charge in [-0.3, -0.25) is 4.79 Å². The Morgan fingerprint density at radius 2 is 1.95 bits per heavy atom. The van der Waals surface area contributed by atoms with E-state index in [0.717, 1.165) is 18.1 Å². The molecule has 0 bridgehead atoms. The van der Waals surface area contributed by atoms with Gasteiger partial charge in [-0.25, -0.2) is 4.99 Å². The fourth-order valence-corrected chi connectivity index (χ4v) is 1.86. The maximum absolute atomic E-state index is 11.8. The average Bonchev–Trinajstić information content (AvgIpc) is 2.53. The second kappa shape index (κ2) is 10.6. The lowest BCUT2D eigenvalue weighted by molar-refractivity contribution is 0.0955. The molecule has 0 radical (unpaired) electrons. The van der Waals surface area contributed by atoms with E-state index in [2.05, 4.69) is 20.9 Å². The Balaban J connectivity index is 2.68. The van der Waals surface area contributed by atoms with Crippen molar-refractivity contribution in [3.05, 3.63) is 35.4 Å². The Bertz CT molecular complexity index is 489. The van der Waals surface area contributed by atoms with Crippen LogP contribution in [0.4, 0.5) is 0 Å². The number of hydrogen-bond acceptors (Lipinski definition) is 3. The molecule has 6 nitrogen and oxygen atoms in total. The lowest BCUT2D eigenvalue weighted by Crippen LogP contribution is -2.38. The molecule has 0 fully saturated rings. The van der Waals surface area contributed by atoms with Crippen molar-refractivity contribution in [3.63, 3.8) is 0 Å². The first-order valence-electron chi connectivity index (χ1n) is 7.59. The zero-order chi connectivity index (χ0) is 16.2. The van der Waals surface area contributed by atoms with Gasteiger partial charge in [0, 0.05) is 32.3 Å². The van der Waals surface area contributed by atoms with E-state index in [1.807, 2.05) is 32.0 Å². The smallest absolute Gasteiger partial charge is 0.251 e. The molecule has 122 valence electrons. The average molecular weight is 306 g/mol. The van der Waals surface area contributed by atoms with Crippen molar-refractivity contribution in [2.24, 2.45) is 4.99 Å². The SMILES string of the molecule is CCNC(=O)c1cccc(CN=C(NCC)NCCOC)c1. The molecule has 0 spiro atoms. The molecule has 1 amide bonds. The third-order valence-electron chi connectivity index (χ3n) is 2.89. The number of nitrogens with zero attached hydrogens (tertiary/aromatic N) is 1. The normalized spacial score (nSPS) is 11.1. The van der Waals surface area contributed by atoms with Crippen LogP contribution < -0.4 is 16.0 Å². The highest BCUT2D eigenvalue weighted by Crippen LogP contribution is 2.06. The Kier molecular flexibility index (Phi) is 8.67. The van der Waals surface area contributed by atoms with E-state index in [-0.39, 0.29) is 5.91 Å². The van der Waals surface area contributed by atoms with Crippen molar-refractivity contribution in [2.45, 2.75) is 20.4 Å². The van der Waals surface area contributed by atoms with Gasteiger partial charge in [0.15, 0.2) is 5.96 Å². The minimum atomic E-state index is -0.0570. The molecule has 0 aliphatic heterocycles. The Hall–Kier alpha value is -2.08. The van der Waals surface area contributed by atoms with Crippen LogP contribution in [-0.4, -0.2) is 45.2 Å². The highest BCUT2D eigenvalue weighted by Gasteiger charge is 2.04. The third kappa shape index (κ3) is 6.58. The molecular weight excluding hydrogens is 280 g/mol. The molecule has 0 aromatic heterocycles. The van der Waals surface area contributed by atoms with Crippen LogP contribution in [0.25, 0.3) is 0 Å². The second-order valence-corrected chi connectivity index (χ2v) is 4.67. The minimum absolute atomic E-state index is 0.0570. The molecule has 3 N–H and O–H groups in total. The van der Waals surface area contributed by atoms with Crippen molar-refractivity contribution in [1.82, 2.24) is 16.0 Å². The molecule has 1 rings (SSSR count). The van der Waals surface area contributed by atoms with E-state index in [9.17, 15) is 4.79 Å². The van der Waals surface area contributed by atoms with E-state index in [4.69, 9.17) is 4.74 Å². The summed E-state index contributed by atoms with van der Waals surface area (Å²) in [6.45, 7) is 7.16. The van der Waals surface area contributed by atoms with Crippen LogP contribution in [0.15, 0.2) is 29.3 Å². The quantitative estimate of drug-likeness (QED) is 0.382. The number of rotatable bonds is 8. The summed E-state index contributed by atoms with van der Waals surface area (Å²) in [6.07, 6.45) is 0. The number of methoxy groups -OCH3 is 1. The van der Waals surface area contributed by atoms with E-state index >= 15 is 0 Å². The number of benzene rings is 1. The maximum Gasteiger partial charge on any atom is 0.251 e. The second-order valence-electron chi connectivity index (χ2n) is 4.67. The molecule has 22 heavy (non-hydrogen) atoms. The van der Waals surface area contributed by atoms with Crippen molar-refractivity contribution < 1.29 is 9.53 Å². The zero-order valence-electron chi connectivity index (χ0n) is 13.6. The molecule has 1 aromatic rings. The number of carbonyl (C=O) groups is 1. The molecule has 0 saturated heterocycles. The van der Waals surface area contributed by atoms with E-state index in [1.54, 1.807) is 13.2 Å². The van der Waals surface area contributed by atoms with Gasteiger partial charge in [0.25, 0.3) is 5.91 Å². The fraction of sp³-hybridized carbons (Fsp3) is 0.500. The molecule has 6 heteroatoms. The summed E-state index contributed by atoms with van der Waals surface area (Å²) in [6, 6.07) is 7.51. The van der Waals surface area contributed by atoms with E-state index < -0.39 is 0 Å². The standard InChI is InChI=1S/C16H26N4O2/c1-4-17-15(21)14-8-6-7-13(11-14)12-20-16(18-5-2)19-9-10-22-3/h6-8,11H,4-5,9-10,12H2,1-3H3,(H,17,21)(H2,18,19,20). The summed E-state index contributed by atoms with van der Waals surface area (Å²) >= 11 is 0. The van der Waals surface area contributed by atoms with Gasteiger partial charge in [-0.1, -0.05) is 12.1 Å². The molecule has 0 saturated carbocycles. The van der Waals surface area contributed by atoms with Crippen LogP contribution in [0.3, 0.4) is 0 Å². The number of nitrogens with one attached hydrogen (secondary N) is 3. The molecule has 0 heterocycles. The van der Waals surface area contributed by atoms with E-state index in [0.29, 0.717) is 31.8 Å². The Morgan fingerprint density at radius 1 is 1.18 bits per heavy atom. The lowest BCUT2D eigenvalue weighted by atomic mass is 10.1. The predicted molar refractivity (Wildman–Crippen MR) is 89.1 cm³/mol. The van der Waals surface area contributed by atoms with Gasteiger partial charge in [-0.2, -0.15) is 0 Å². The number of guanidine groups is 1. The molecule has 0 atom stereocenters. The molecular formula is C16H26N4O2. The van der Waals surface area contributed by atoms with Gasteiger partial charge < -0.3 is 20.7 Å². The summed E-state index contributed by atoms with van der Waals surface area (Å²) < 4.78 is 5.01. The van der Waals surface area contributed by atoms with Gasteiger partial charge in [0.1, 0.15) is 0 Å². The van der Waals surface area contributed by atoms with Crippen molar-refractivity contribution in [1.29, 1.82) is 0 Å². The van der Waals surface area contributed by atoms with E-state index in [1.165, 1.54) is 0 Å².